The molecule has 1 N–H and O–H groups in total. The van der Waals surface area contributed by atoms with Crippen LogP contribution in [-0.4, -0.2) is 7.11 Å². The molecular formula is C23H24ClNO2. The zero-order valence-electron chi connectivity index (χ0n) is 15.6. The van der Waals surface area contributed by atoms with Crippen molar-refractivity contribution in [2.45, 2.75) is 26.1 Å². The van der Waals surface area contributed by atoms with Gasteiger partial charge in [-0.15, -0.1) is 0 Å². The van der Waals surface area contributed by atoms with Crippen molar-refractivity contribution in [3.05, 3.63) is 94.5 Å². The summed E-state index contributed by atoms with van der Waals surface area (Å²) in [4.78, 5) is 0. The fourth-order valence-corrected chi connectivity index (χ4v) is 3.16. The van der Waals surface area contributed by atoms with Crippen LogP contribution in [0.1, 0.15) is 29.7 Å². The van der Waals surface area contributed by atoms with Crippen molar-refractivity contribution in [3.8, 4) is 11.5 Å². The molecule has 0 aliphatic heterocycles. The Morgan fingerprint density at radius 3 is 2.26 bits per heavy atom. The Kier molecular flexibility index (Phi) is 6.74. The molecule has 140 valence electrons. The quantitative estimate of drug-likeness (QED) is 0.536. The summed E-state index contributed by atoms with van der Waals surface area (Å²) in [5, 5.41) is 4.07. The van der Waals surface area contributed by atoms with Gasteiger partial charge >= 0.3 is 0 Å². The van der Waals surface area contributed by atoms with E-state index in [1.165, 1.54) is 5.56 Å². The Balaban J connectivity index is 1.68. The molecule has 3 rings (SSSR count). The van der Waals surface area contributed by atoms with Gasteiger partial charge in [-0.1, -0.05) is 72.3 Å². The summed E-state index contributed by atoms with van der Waals surface area (Å²) in [7, 11) is 1.63. The van der Waals surface area contributed by atoms with Crippen molar-refractivity contribution in [1.29, 1.82) is 0 Å². The Bertz CT molecular complexity index is 853. The fraction of sp³-hybridized carbons (Fsp3) is 0.217. The normalized spacial score (nSPS) is 11.8. The van der Waals surface area contributed by atoms with Gasteiger partial charge in [0.2, 0.25) is 0 Å². The minimum atomic E-state index is 0.241. The van der Waals surface area contributed by atoms with Gasteiger partial charge in [0.1, 0.15) is 6.61 Å². The van der Waals surface area contributed by atoms with E-state index in [-0.39, 0.29) is 6.04 Å². The molecule has 0 saturated heterocycles. The number of methoxy groups -OCH3 is 1. The molecule has 0 aromatic heterocycles. The van der Waals surface area contributed by atoms with Crippen molar-refractivity contribution in [3.63, 3.8) is 0 Å². The highest BCUT2D eigenvalue weighted by Gasteiger charge is 2.13. The fourth-order valence-electron chi connectivity index (χ4n) is 2.88. The maximum atomic E-state index is 6.48. The lowest BCUT2D eigenvalue weighted by Crippen LogP contribution is -2.18. The molecule has 3 aromatic carbocycles. The van der Waals surface area contributed by atoms with Gasteiger partial charge in [-0.3, -0.25) is 0 Å². The van der Waals surface area contributed by atoms with E-state index in [0.717, 1.165) is 11.1 Å². The largest absolute Gasteiger partial charge is 0.493 e. The van der Waals surface area contributed by atoms with E-state index < -0.39 is 0 Å². The smallest absolute Gasteiger partial charge is 0.180 e. The summed E-state index contributed by atoms with van der Waals surface area (Å²) in [5.41, 5.74) is 3.38. The second-order valence-electron chi connectivity index (χ2n) is 6.40. The van der Waals surface area contributed by atoms with Crippen molar-refractivity contribution >= 4 is 11.6 Å². The van der Waals surface area contributed by atoms with Crippen LogP contribution in [0.15, 0.2) is 72.8 Å². The SMILES string of the molecule is COc1cc(CN[C@@H](C)c2ccccc2)cc(Cl)c1OCc1ccccc1. The molecule has 3 aromatic rings. The predicted molar refractivity (Wildman–Crippen MR) is 110 cm³/mol. The van der Waals surface area contributed by atoms with Crippen LogP contribution in [0.5, 0.6) is 11.5 Å². The van der Waals surface area contributed by atoms with E-state index in [9.17, 15) is 0 Å². The van der Waals surface area contributed by atoms with Crippen LogP contribution in [0.4, 0.5) is 0 Å². The molecule has 0 amide bonds. The monoisotopic (exact) mass is 381 g/mol. The maximum absolute atomic E-state index is 6.48. The first-order valence-electron chi connectivity index (χ1n) is 8.99. The molecule has 3 nitrogen and oxygen atoms in total. The highest BCUT2D eigenvalue weighted by molar-refractivity contribution is 6.32. The van der Waals surface area contributed by atoms with Crippen LogP contribution >= 0.6 is 11.6 Å². The average Bonchev–Trinajstić information content (AvgIpc) is 2.72. The van der Waals surface area contributed by atoms with Gasteiger partial charge in [0.05, 0.1) is 12.1 Å². The van der Waals surface area contributed by atoms with Gasteiger partial charge in [0.25, 0.3) is 0 Å². The Morgan fingerprint density at radius 1 is 0.926 bits per heavy atom. The molecule has 4 heteroatoms. The molecule has 0 saturated carbocycles. The number of nitrogens with one attached hydrogen (secondary N) is 1. The van der Waals surface area contributed by atoms with Crippen LogP contribution in [0.3, 0.4) is 0 Å². The van der Waals surface area contributed by atoms with E-state index in [4.69, 9.17) is 21.1 Å². The number of benzene rings is 3. The third kappa shape index (κ3) is 5.25. The van der Waals surface area contributed by atoms with Gasteiger partial charge in [-0.05, 0) is 35.7 Å². The number of halogens is 1. The second kappa shape index (κ2) is 9.45. The summed E-state index contributed by atoms with van der Waals surface area (Å²) in [6.07, 6.45) is 0. The molecule has 0 aliphatic rings. The Morgan fingerprint density at radius 2 is 1.59 bits per heavy atom. The summed E-state index contributed by atoms with van der Waals surface area (Å²) < 4.78 is 11.4. The summed E-state index contributed by atoms with van der Waals surface area (Å²) >= 11 is 6.48. The van der Waals surface area contributed by atoms with Crippen LogP contribution in [-0.2, 0) is 13.2 Å². The maximum Gasteiger partial charge on any atom is 0.180 e. The Labute approximate surface area is 165 Å². The third-order valence-corrected chi connectivity index (χ3v) is 4.71. The first kappa shape index (κ1) is 19.3. The van der Waals surface area contributed by atoms with Crippen LogP contribution in [0.25, 0.3) is 0 Å². The van der Waals surface area contributed by atoms with Crippen molar-refractivity contribution < 1.29 is 9.47 Å². The minimum Gasteiger partial charge on any atom is -0.493 e. The molecule has 0 unspecified atom stereocenters. The molecule has 0 aliphatic carbocycles. The highest BCUT2D eigenvalue weighted by Crippen LogP contribution is 2.37. The van der Waals surface area contributed by atoms with Gasteiger partial charge < -0.3 is 14.8 Å². The van der Waals surface area contributed by atoms with E-state index in [0.29, 0.717) is 29.7 Å². The lowest BCUT2D eigenvalue weighted by molar-refractivity contribution is 0.284. The molecule has 0 fully saturated rings. The van der Waals surface area contributed by atoms with Gasteiger partial charge in [0, 0.05) is 12.6 Å². The van der Waals surface area contributed by atoms with Crippen LogP contribution < -0.4 is 14.8 Å². The lowest BCUT2D eigenvalue weighted by atomic mass is 10.1. The number of hydrogen-bond acceptors (Lipinski definition) is 3. The topological polar surface area (TPSA) is 30.5 Å². The van der Waals surface area contributed by atoms with E-state index >= 15 is 0 Å². The standard InChI is InChI=1S/C23H24ClNO2/c1-17(20-11-7-4-8-12-20)25-15-19-13-21(24)23(22(14-19)26-2)27-16-18-9-5-3-6-10-18/h3-14,17,25H,15-16H2,1-2H3/t17-/m0/s1. The minimum absolute atomic E-state index is 0.241. The molecule has 27 heavy (non-hydrogen) atoms. The average molecular weight is 382 g/mol. The first-order valence-corrected chi connectivity index (χ1v) is 9.36. The van der Waals surface area contributed by atoms with Crippen molar-refractivity contribution in [1.82, 2.24) is 5.32 Å². The summed E-state index contributed by atoms with van der Waals surface area (Å²) in [5.74, 6) is 1.21. The molecule has 0 radical (unpaired) electrons. The highest BCUT2D eigenvalue weighted by atomic mass is 35.5. The van der Waals surface area contributed by atoms with Gasteiger partial charge in [-0.2, -0.15) is 0 Å². The number of ether oxygens (including phenoxy) is 2. The predicted octanol–water partition coefficient (Wildman–Crippen LogP) is 5.78. The number of rotatable bonds is 8. The van der Waals surface area contributed by atoms with Crippen molar-refractivity contribution in [2.75, 3.05) is 7.11 Å². The molecule has 0 spiro atoms. The van der Waals surface area contributed by atoms with Gasteiger partial charge in [-0.25, -0.2) is 0 Å². The Hall–Kier alpha value is -2.49. The van der Waals surface area contributed by atoms with Crippen LogP contribution in [0, 0.1) is 0 Å². The van der Waals surface area contributed by atoms with Crippen molar-refractivity contribution in [2.24, 2.45) is 0 Å². The van der Waals surface area contributed by atoms with E-state index in [1.54, 1.807) is 7.11 Å². The second-order valence-corrected chi connectivity index (χ2v) is 6.80. The molecule has 0 heterocycles. The van der Waals surface area contributed by atoms with E-state index in [2.05, 4.69) is 24.4 Å². The molecule has 1 atom stereocenters. The zero-order valence-corrected chi connectivity index (χ0v) is 16.4. The van der Waals surface area contributed by atoms with E-state index in [1.807, 2.05) is 60.7 Å². The third-order valence-electron chi connectivity index (χ3n) is 4.43. The zero-order chi connectivity index (χ0) is 19.1. The molecule has 0 bridgehead atoms. The van der Waals surface area contributed by atoms with Crippen LogP contribution in [0.2, 0.25) is 5.02 Å². The van der Waals surface area contributed by atoms with Gasteiger partial charge in [0.15, 0.2) is 11.5 Å². The summed E-state index contributed by atoms with van der Waals surface area (Å²) in [6, 6.07) is 24.5. The molecular weight excluding hydrogens is 358 g/mol. The lowest BCUT2D eigenvalue weighted by Gasteiger charge is -2.17. The summed E-state index contributed by atoms with van der Waals surface area (Å²) in [6.45, 7) is 3.27. The first-order chi connectivity index (χ1) is 13.2. The number of hydrogen-bond donors (Lipinski definition) is 1.